The fourth-order valence-corrected chi connectivity index (χ4v) is 4.02. The molecule has 0 saturated heterocycles. The molecule has 0 unspecified atom stereocenters. The van der Waals surface area contributed by atoms with Crippen molar-refractivity contribution in [3.8, 4) is 0 Å². The molecule has 0 saturated carbocycles. The van der Waals surface area contributed by atoms with Gasteiger partial charge in [-0.25, -0.2) is 0 Å². The number of aliphatic hydroxyl groups is 1. The molecule has 4 nitrogen and oxygen atoms in total. The molecule has 1 aromatic rings. The fourth-order valence-electron chi connectivity index (χ4n) is 4.02. The van der Waals surface area contributed by atoms with Crippen LogP contribution in [0.4, 0.5) is 0 Å². The van der Waals surface area contributed by atoms with Gasteiger partial charge in [0.25, 0.3) is 0 Å². The van der Waals surface area contributed by atoms with Crippen LogP contribution in [0.3, 0.4) is 0 Å². The third-order valence-electron chi connectivity index (χ3n) is 5.81. The van der Waals surface area contributed by atoms with Gasteiger partial charge in [0.15, 0.2) is 11.5 Å². The van der Waals surface area contributed by atoms with Crippen molar-refractivity contribution >= 4 is 11.6 Å². The molecule has 1 aliphatic carbocycles. The largest absolute Gasteiger partial charge is 0.504 e. The van der Waals surface area contributed by atoms with E-state index in [-0.39, 0.29) is 22.7 Å². The van der Waals surface area contributed by atoms with E-state index in [2.05, 4.69) is 6.92 Å². The highest BCUT2D eigenvalue weighted by Crippen LogP contribution is 2.35. The number of carbonyl (C=O) groups excluding carboxylic acids is 2. The summed E-state index contributed by atoms with van der Waals surface area (Å²) in [5, 5.41) is 10.3. The number of hydrogen-bond donors (Lipinski definition) is 1. The van der Waals surface area contributed by atoms with Crippen molar-refractivity contribution in [3.05, 3.63) is 70.7 Å². The zero-order valence-electron chi connectivity index (χ0n) is 17.9. The molecule has 1 heterocycles. The van der Waals surface area contributed by atoms with E-state index in [0.717, 1.165) is 24.8 Å². The van der Waals surface area contributed by atoms with Gasteiger partial charge in [-0.2, -0.15) is 0 Å². The summed E-state index contributed by atoms with van der Waals surface area (Å²) in [5.74, 6) is -1.21. The first-order chi connectivity index (χ1) is 14.6. The van der Waals surface area contributed by atoms with Crippen molar-refractivity contribution in [3.63, 3.8) is 0 Å². The van der Waals surface area contributed by atoms with E-state index in [0.29, 0.717) is 6.42 Å². The van der Waals surface area contributed by atoms with Crippen LogP contribution in [0.2, 0.25) is 0 Å². The number of hydrogen-bond acceptors (Lipinski definition) is 4. The first kappa shape index (κ1) is 22.1. The maximum absolute atomic E-state index is 13.0. The van der Waals surface area contributed by atoms with Crippen LogP contribution in [0, 0.1) is 0 Å². The van der Waals surface area contributed by atoms with Gasteiger partial charge in [0, 0.05) is 5.57 Å². The van der Waals surface area contributed by atoms with Gasteiger partial charge in [-0.15, -0.1) is 0 Å². The summed E-state index contributed by atoms with van der Waals surface area (Å²) in [5.41, 5.74) is 1.27. The Balaban J connectivity index is 1.53. The molecular formula is C26H32O4. The molecule has 0 bridgehead atoms. The number of Topliss-reactive ketones (excluding diaryl/α,β-unsaturated/α-hetero) is 2. The van der Waals surface area contributed by atoms with E-state index in [9.17, 15) is 14.7 Å². The van der Waals surface area contributed by atoms with Crippen LogP contribution in [0.15, 0.2) is 65.1 Å². The number of benzene rings is 1. The van der Waals surface area contributed by atoms with Gasteiger partial charge in [0.05, 0.1) is 5.57 Å². The van der Waals surface area contributed by atoms with Crippen molar-refractivity contribution in [1.82, 2.24) is 0 Å². The van der Waals surface area contributed by atoms with E-state index < -0.39 is 17.6 Å². The molecule has 3 rings (SSSR count). The number of aliphatic hydroxyl groups excluding tert-OH is 1. The minimum Gasteiger partial charge on any atom is -0.504 e. The predicted molar refractivity (Wildman–Crippen MR) is 118 cm³/mol. The van der Waals surface area contributed by atoms with Gasteiger partial charge in [-0.1, -0.05) is 88.6 Å². The molecule has 0 aromatic heterocycles. The number of ether oxygens (including phenoxy) is 1. The highest BCUT2D eigenvalue weighted by molar-refractivity contribution is 6.24. The molecule has 2 aliphatic rings. The van der Waals surface area contributed by atoms with Crippen molar-refractivity contribution in [1.29, 1.82) is 0 Å². The summed E-state index contributed by atoms with van der Waals surface area (Å²) < 4.78 is 5.91. The van der Waals surface area contributed by atoms with Gasteiger partial charge in [-0.3, -0.25) is 9.59 Å². The van der Waals surface area contributed by atoms with E-state index in [1.807, 2.05) is 30.3 Å². The Hall–Kier alpha value is -2.62. The molecule has 30 heavy (non-hydrogen) atoms. The van der Waals surface area contributed by atoms with E-state index >= 15 is 0 Å². The quantitative estimate of drug-likeness (QED) is 0.337. The summed E-state index contributed by atoms with van der Waals surface area (Å²) in [6, 6.07) is 9.58. The molecule has 1 aliphatic heterocycles. The number of ketones is 2. The molecule has 0 amide bonds. The molecule has 1 atom stereocenters. The SMILES string of the molecule is CCCCCCCCCCCC1=C(O)C(=O)C2=C(O[C@@H](c3ccccc3)C=C2)C1=O. The number of carbonyl (C=O) groups is 2. The maximum Gasteiger partial charge on any atom is 0.231 e. The lowest BCUT2D eigenvalue weighted by atomic mass is 9.88. The topological polar surface area (TPSA) is 63.6 Å². The fraction of sp³-hybridized carbons (Fsp3) is 0.462. The van der Waals surface area contributed by atoms with Crippen LogP contribution in [0.5, 0.6) is 0 Å². The average Bonchev–Trinajstić information content (AvgIpc) is 2.78. The van der Waals surface area contributed by atoms with Gasteiger partial charge in [0.2, 0.25) is 11.6 Å². The lowest BCUT2D eigenvalue weighted by Crippen LogP contribution is -2.27. The van der Waals surface area contributed by atoms with Gasteiger partial charge in [-0.05, 0) is 30.6 Å². The Morgan fingerprint density at radius 2 is 1.50 bits per heavy atom. The van der Waals surface area contributed by atoms with Crippen molar-refractivity contribution < 1.29 is 19.4 Å². The highest BCUT2D eigenvalue weighted by atomic mass is 16.5. The molecular weight excluding hydrogens is 376 g/mol. The number of rotatable bonds is 11. The summed E-state index contributed by atoms with van der Waals surface area (Å²) >= 11 is 0. The zero-order valence-corrected chi connectivity index (χ0v) is 17.9. The monoisotopic (exact) mass is 408 g/mol. The smallest absolute Gasteiger partial charge is 0.231 e. The van der Waals surface area contributed by atoms with Crippen LogP contribution in [0.1, 0.15) is 82.8 Å². The van der Waals surface area contributed by atoms with Crippen LogP contribution >= 0.6 is 0 Å². The third-order valence-corrected chi connectivity index (χ3v) is 5.81. The lowest BCUT2D eigenvalue weighted by molar-refractivity contribution is -0.121. The third kappa shape index (κ3) is 5.29. The second-order valence-electron chi connectivity index (χ2n) is 8.11. The van der Waals surface area contributed by atoms with Crippen LogP contribution in [0.25, 0.3) is 0 Å². The molecule has 4 heteroatoms. The van der Waals surface area contributed by atoms with Gasteiger partial charge < -0.3 is 9.84 Å². The predicted octanol–water partition coefficient (Wildman–Crippen LogP) is 6.45. The van der Waals surface area contributed by atoms with Gasteiger partial charge in [0.1, 0.15) is 6.10 Å². The Bertz CT molecular complexity index is 845. The molecule has 0 radical (unpaired) electrons. The highest BCUT2D eigenvalue weighted by Gasteiger charge is 2.37. The second-order valence-corrected chi connectivity index (χ2v) is 8.11. The summed E-state index contributed by atoms with van der Waals surface area (Å²) in [4.78, 5) is 25.5. The Morgan fingerprint density at radius 1 is 0.867 bits per heavy atom. The van der Waals surface area contributed by atoms with E-state index in [4.69, 9.17) is 4.74 Å². The summed E-state index contributed by atoms with van der Waals surface area (Å²) in [7, 11) is 0. The molecule has 0 spiro atoms. The van der Waals surface area contributed by atoms with Gasteiger partial charge >= 0.3 is 0 Å². The van der Waals surface area contributed by atoms with Crippen LogP contribution in [-0.2, 0) is 14.3 Å². The number of allylic oxidation sites excluding steroid dienone is 3. The Morgan fingerprint density at radius 3 is 2.17 bits per heavy atom. The first-order valence-electron chi connectivity index (χ1n) is 11.3. The first-order valence-corrected chi connectivity index (χ1v) is 11.3. The second kappa shape index (κ2) is 11.0. The minimum absolute atomic E-state index is 0.0695. The van der Waals surface area contributed by atoms with Crippen molar-refractivity contribution in [2.24, 2.45) is 0 Å². The van der Waals surface area contributed by atoms with E-state index in [1.165, 1.54) is 38.5 Å². The summed E-state index contributed by atoms with van der Waals surface area (Å²) in [6.45, 7) is 2.22. The molecule has 0 fully saturated rings. The molecule has 1 aromatic carbocycles. The summed E-state index contributed by atoms with van der Waals surface area (Å²) in [6.07, 6.45) is 13.9. The average molecular weight is 409 g/mol. The van der Waals surface area contributed by atoms with E-state index in [1.54, 1.807) is 12.2 Å². The Labute approximate surface area is 179 Å². The lowest BCUT2D eigenvalue weighted by Gasteiger charge is -2.27. The normalized spacial score (nSPS) is 18.6. The molecule has 160 valence electrons. The Kier molecular flexibility index (Phi) is 8.06. The standard InChI is InChI=1S/C26H32O4/c1-2-3-4-5-6-7-8-9-13-16-20-23(27)24(28)21-17-18-22(30-26(21)25(20)29)19-14-11-10-12-15-19/h10-12,14-15,17-18,22,27H,2-9,13,16H2,1H3/t22-/m1/s1. The minimum atomic E-state index is -0.515. The van der Waals surface area contributed by atoms with Crippen molar-refractivity contribution in [2.75, 3.05) is 0 Å². The zero-order chi connectivity index (χ0) is 21.3. The molecule has 1 N–H and O–H groups in total. The van der Waals surface area contributed by atoms with Crippen LogP contribution < -0.4 is 0 Å². The number of unbranched alkanes of at least 4 members (excludes halogenated alkanes) is 8. The van der Waals surface area contributed by atoms with Crippen molar-refractivity contribution in [2.45, 2.75) is 77.2 Å². The maximum atomic E-state index is 13.0. The van der Waals surface area contributed by atoms with Crippen LogP contribution in [-0.4, -0.2) is 16.7 Å².